The van der Waals surface area contributed by atoms with Crippen molar-refractivity contribution in [1.82, 2.24) is 15.2 Å². The summed E-state index contributed by atoms with van der Waals surface area (Å²) in [5.41, 5.74) is -0.322. The second-order valence-corrected chi connectivity index (χ2v) is 9.74. The van der Waals surface area contributed by atoms with E-state index in [0.717, 1.165) is 44.9 Å². The van der Waals surface area contributed by atoms with Crippen molar-refractivity contribution < 1.29 is 19.8 Å². The molecule has 5 fully saturated rings. The Balaban J connectivity index is 0.000000217. The molecule has 1 aromatic heterocycles. The molecule has 8 heteroatoms. The molecule has 3 N–H and O–H groups in total. The smallest absolute Gasteiger partial charge is 0.337 e. The zero-order valence-corrected chi connectivity index (χ0v) is 17.7. The Kier molecular flexibility index (Phi) is 6.00. The monoisotopic (exact) mass is 426 g/mol. The Labute approximate surface area is 182 Å². The summed E-state index contributed by atoms with van der Waals surface area (Å²) >= 11 is 0. The Morgan fingerprint density at radius 1 is 1.29 bits per heavy atom. The molecule has 0 spiro atoms. The van der Waals surface area contributed by atoms with Crippen LogP contribution in [0.3, 0.4) is 0 Å². The number of aliphatic hydroxyl groups is 1. The van der Waals surface area contributed by atoms with Crippen LogP contribution >= 0.6 is 0 Å². The zero-order valence-electron chi connectivity index (χ0n) is 17.7. The summed E-state index contributed by atoms with van der Waals surface area (Å²) in [5.74, 6) is 0.342. The lowest BCUT2D eigenvalue weighted by Crippen LogP contribution is -2.65. The van der Waals surface area contributed by atoms with Crippen LogP contribution in [0.4, 0.5) is 0 Å². The molecule has 1 amide bonds. The number of carbonyl (C=O) groups is 2. The van der Waals surface area contributed by atoms with E-state index in [1.807, 2.05) is 0 Å². The van der Waals surface area contributed by atoms with Crippen LogP contribution in [0.1, 0.15) is 61.7 Å². The van der Waals surface area contributed by atoms with Gasteiger partial charge in [-0.05, 0) is 75.3 Å². The number of hydrogen-bond acceptors (Lipinski definition) is 6. The summed E-state index contributed by atoms with van der Waals surface area (Å²) in [6, 6.07) is 5.07. The second-order valence-electron chi connectivity index (χ2n) is 9.74. The number of carboxylic acids is 1. The SMILES string of the molecule is N#C[C@@H]1CCCN1C(=O)CNC12CC3CC(CC(O)(C3)C1)C2.O=C(O)c1cccnc1. The Bertz CT molecular complexity index is 854. The van der Waals surface area contributed by atoms with E-state index in [9.17, 15) is 14.7 Å². The first-order chi connectivity index (χ1) is 14.8. The minimum Gasteiger partial charge on any atom is -0.478 e. The molecule has 3 atom stereocenters. The average molecular weight is 427 g/mol. The lowest BCUT2D eigenvalue weighted by Gasteiger charge is -2.60. The minimum atomic E-state index is -0.942. The van der Waals surface area contributed by atoms with Crippen LogP contribution in [0.15, 0.2) is 24.5 Å². The van der Waals surface area contributed by atoms with E-state index >= 15 is 0 Å². The number of amides is 1. The van der Waals surface area contributed by atoms with Gasteiger partial charge in [-0.15, -0.1) is 0 Å². The first-order valence-corrected chi connectivity index (χ1v) is 11.1. The molecular formula is C23H30N4O4. The van der Waals surface area contributed by atoms with Crippen molar-refractivity contribution in [2.45, 2.75) is 68.5 Å². The van der Waals surface area contributed by atoms with Crippen molar-refractivity contribution in [1.29, 1.82) is 5.26 Å². The normalized spacial score (nSPS) is 35.2. The van der Waals surface area contributed by atoms with Crippen LogP contribution < -0.4 is 5.32 Å². The lowest BCUT2D eigenvalue weighted by atomic mass is 9.51. The van der Waals surface area contributed by atoms with Crippen LogP contribution in [0, 0.1) is 23.2 Å². The molecule has 4 aliphatic carbocycles. The highest BCUT2D eigenvalue weighted by molar-refractivity contribution is 5.86. The highest BCUT2D eigenvalue weighted by Crippen LogP contribution is 2.57. The number of nitrogens with one attached hydrogen (secondary N) is 1. The third-order valence-electron chi connectivity index (χ3n) is 7.28. The summed E-state index contributed by atoms with van der Waals surface area (Å²) in [7, 11) is 0. The summed E-state index contributed by atoms with van der Waals surface area (Å²) in [5, 5.41) is 31.7. The van der Waals surface area contributed by atoms with Gasteiger partial charge in [0.05, 0.1) is 23.8 Å². The third-order valence-corrected chi connectivity index (χ3v) is 7.28. The zero-order chi connectivity index (χ0) is 22.1. The summed E-state index contributed by atoms with van der Waals surface area (Å²) in [4.78, 5) is 27.9. The van der Waals surface area contributed by atoms with Gasteiger partial charge < -0.3 is 20.4 Å². The van der Waals surface area contributed by atoms with E-state index in [2.05, 4.69) is 16.4 Å². The maximum atomic E-state index is 12.4. The quantitative estimate of drug-likeness (QED) is 0.672. The van der Waals surface area contributed by atoms with Gasteiger partial charge in [-0.25, -0.2) is 4.79 Å². The van der Waals surface area contributed by atoms with E-state index in [4.69, 9.17) is 10.4 Å². The first kappa shape index (κ1) is 21.7. The molecule has 0 aromatic carbocycles. The molecule has 2 unspecified atom stereocenters. The van der Waals surface area contributed by atoms with Gasteiger partial charge in [0.1, 0.15) is 6.04 Å². The summed E-state index contributed by atoms with van der Waals surface area (Å²) < 4.78 is 0. The van der Waals surface area contributed by atoms with Crippen LogP contribution in [0.25, 0.3) is 0 Å². The van der Waals surface area contributed by atoms with Crippen LogP contribution in [-0.2, 0) is 4.79 Å². The largest absolute Gasteiger partial charge is 0.478 e. The summed E-state index contributed by atoms with van der Waals surface area (Å²) in [6.07, 6.45) is 10.7. The predicted molar refractivity (Wildman–Crippen MR) is 112 cm³/mol. The molecule has 166 valence electrons. The molecule has 1 aromatic rings. The van der Waals surface area contributed by atoms with Gasteiger partial charge in [-0.2, -0.15) is 5.26 Å². The molecule has 8 nitrogen and oxygen atoms in total. The number of likely N-dealkylation sites (tertiary alicyclic amines) is 1. The number of aromatic nitrogens is 1. The van der Waals surface area contributed by atoms with E-state index in [0.29, 0.717) is 24.9 Å². The van der Waals surface area contributed by atoms with Gasteiger partial charge in [-0.3, -0.25) is 9.78 Å². The Hall–Kier alpha value is -2.50. The Morgan fingerprint density at radius 2 is 2.03 bits per heavy atom. The van der Waals surface area contributed by atoms with Gasteiger partial charge >= 0.3 is 5.97 Å². The summed E-state index contributed by atoms with van der Waals surface area (Å²) in [6.45, 7) is 1.02. The molecule has 0 radical (unpaired) electrons. The van der Waals surface area contributed by atoms with Crippen molar-refractivity contribution in [3.8, 4) is 6.07 Å². The molecule has 4 saturated carbocycles. The fourth-order valence-corrected chi connectivity index (χ4v) is 6.47. The highest BCUT2D eigenvalue weighted by atomic mass is 16.4. The second kappa shape index (κ2) is 8.56. The van der Waals surface area contributed by atoms with Crippen molar-refractivity contribution in [2.75, 3.05) is 13.1 Å². The van der Waals surface area contributed by atoms with Gasteiger partial charge in [0.25, 0.3) is 0 Å². The van der Waals surface area contributed by atoms with Gasteiger partial charge in [-0.1, -0.05) is 0 Å². The molecule has 1 saturated heterocycles. The number of aromatic carboxylic acids is 1. The van der Waals surface area contributed by atoms with E-state index < -0.39 is 11.6 Å². The van der Waals surface area contributed by atoms with Gasteiger partial charge in [0.15, 0.2) is 0 Å². The number of pyridine rings is 1. The molecule has 6 rings (SSSR count). The number of nitrogens with zero attached hydrogens (tertiary/aromatic N) is 3. The standard InChI is InChI=1S/C17H25N3O2.C6H5NO2/c18-9-14-2-1-3-20(14)15(21)10-19-16-5-12-4-13(6-16)8-17(22,7-12)11-16;8-6(9)5-2-1-3-7-4-5/h12-14,19,22H,1-8,10-11H2;1-4H,(H,8,9)/t12?,13?,14-,16?,17?;/m0./s1. The molecule has 2 heterocycles. The van der Waals surface area contributed by atoms with Crippen LogP contribution in [0.5, 0.6) is 0 Å². The fourth-order valence-electron chi connectivity index (χ4n) is 6.47. The predicted octanol–water partition coefficient (Wildman–Crippen LogP) is 1.95. The maximum absolute atomic E-state index is 12.4. The average Bonchev–Trinajstić information content (AvgIpc) is 3.20. The van der Waals surface area contributed by atoms with E-state index in [1.165, 1.54) is 24.9 Å². The molecular weight excluding hydrogens is 396 g/mol. The number of carbonyl (C=O) groups excluding carboxylic acids is 1. The molecule has 4 bridgehead atoms. The van der Waals surface area contributed by atoms with Crippen molar-refractivity contribution >= 4 is 11.9 Å². The number of rotatable bonds is 4. The van der Waals surface area contributed by atoms with Crippen molar-refractivity contribution in [3.05, 3.63) is 30.1 Å². The lowest BCUT2D eigenvalue weighted by molar-refractivity contribution is -0.147. The number of hydrogen-bond donors (Lipinski definition) is 3. The van der Waals surface area contributed by atoms with Crippen molar-refractivity contribution in [2.24, 2.45) is 11.8 Å². The Morgan fingerprint density at radius 3 is 2.58 bits per heavy atom. The molecule has 5 aliphatic rings. The van der Waals surface area contributed by atoms with Crippen LogP contribution in [-0.4, -0.2) is 62.2 Å². The number of nitriles is 1. The topological polar surface area (TPSA) is 127 Å². The fraction of sp³-hybridized carbons (Fsp3) is 0.652. The maximum Gasteiger partial charge on any atom is 0.337 e. The van der Waals surface area contributed by atoms with Gasteiger partial charge in [0, 0.05) is 24.5 Å². The number of carboxylic acid groups (broad SMARTS) is 1. The van der Waals surface area contributed by atoms with E-state index in [-0.39, 0.29) is 23.1 Å². The van der Waals surface area contributed by atoms with Crippen LogP contribution in [0.2, 0.25) is 0 Å². The molecule has 31 heavy (non-hydrogen) atoms. The third kappa shape index (κ3) is 4.73. The van der Waals surface area contributed by atoms with Crippen molar-refractivity contribution in [3.63, 3.8) is 0 Å². The highest BCUT2D eigenvalue weighted by Gasteiger charge is 2.57. The van der Waals surface area contributed by atoms with E-state index in [1.54, 1.807) is 11.0 Å². The molecule has 1 aliphatic heterocycles. The minimum absolute atomic E-state index is 0.0453. The van der Waals surface area contributed by atoms with Gasteiger partial charge in [0.2, 0.25) is 5.91 Å². The first-order valence-electron chi connectivity index (χ1n) is 11.1.